The maximum absolute atomic E-state index is 11.8. The Morgan fingerprint density at radius 1 is 1.32 bits per heavy atom. The van der Waals surface area contributed by atoms with E-state index in [-0.39, 0.29) is 18.2 Å². The molecule has 0 radical (unpaired) electrons. The Morgan fingerprint density at radius 2 is 1.95 bits per heavy atom. The van der Waals surface area contributed by atoms with Crippen molar-refractivity contribution in [2.24, 2.45) is 5.92 Å². The quantitative estimate of drug-likeness (QED) is 0.841. The number of carbonyl (C=O) groups excluding carboxylic acids is 1. The van der Waals surface area contributed by atoms with Gasteiger partial charge in [0.1, 0.15) is 0 Å². The number of aryl methyl sites for hydroxylation is 1. The number of hydrogen-bond donors (Lipinski definition) is 1. The van der Waals surface area contributed by atoms with Gasteiger partial charge in [0.05, 0.1) is 6.42 Å². The van der Waals surface area contributed by atoms with Crippen LogP contribution in [0.1, 0.15) is 17.5 Å². The molecule has 1 saturated heterocycles. The number of aliphatic carboxylic acids is 1. The number of rotatable bonds is 4. The smallest absolute Gasteiger partial charge is 0.303 e. The van der Waals surface area contributed by atoms with Crippen LogP contribution in [0.4, 0.5) is 0 Å². The summed E-state index contributed by atoms with van der Waals surface area (Å²) >= 11 is 0. The van der Waals surface area contributed by atoms with Crippen LogP contribution in [0.15, 0.2) is 30.3 Å². The van der Waals surface area contributed by atoms with E-state index in [1.807, 2.05) is 31.2 Å². The first-order valence-electron chi connectivity index (χ1n) is 6.30. The zero-order chi connectivity index (χ0) is 13.8. The number of carbonyl (C=O) groups is 2. The summed E-state index contributed by atoms with van der Waals surface area (Å²) in [6.07, 6.45) is 3.47. The van der Waals surface area contributed by atoms with E-state index in [4.69, 9.17) is 5.11 Å². The number of carboxylic acid groups (broad SMARTS) is 1. The van der Waals surface area contributed by atoms with Crippen molar-refractivity contribution in [1.82, 2.24) is 4.90 Å². The van der Waals surface area contributed by atoms with Crippen molar-refractivity contribution < 1.29 is 14.7 Å². The van der Waals surface area contributed by atoms with Gasteiger partial charge in [0.15, 0.2) is 0 Å². The van der Waals surface area contributed by atoms with Crippen LogP contribution in [0.25, 0.3) is 6.08 Å². The SMILES string of the molecule is Cc1ccc(C=CC(=O)N2CC(CC(=O)O)C2)cc1. The molecule has 0 saturated carbocycles. The minimum Gasteiger partial charge on any atom is -0.481 e. The number of nitrogens with zero attached hydrogens (tertiary/aromatic N) is 1. The Hall–Kier alpha value is -2.10. The summed E-state index contributed by atoms with van der Waals surface area (Å²) < 4.78 is 0. The fraction of sp³-hybridized carbons (Fsp3) is 0.333. The lowest BCUT2D eigenvalue weighted by Crippen LogP contribution is -2.49. The van der Waals surface area contributed by atoms with E-state index < -0.39 is 5.97 Å². The monoisotopic (exact) mass is 259 g/mol. The predicted octanol–water partition coefficient (Wildman–Crippen LogP) is 1.94. The lowest BCUT2D eigenvalue weighted by Gasteiger charge is -2.37. The molecule has 100 valence electrons. The normalized spacial score (nSPS) is 15.5. The van der Waals surface area contributed by atoms with Crippen LogP contribution < -0.4 is 0 Å². The van der Waals surface area contributed by atoms with Crippen LogP contribution >= 0.6 is 0 Å². The van der Waals surface area contributed by atoms with Crippen LogP contribution in [0.5, 0.6) is 0 Å². The van der Waals surface area contributed by atoms with Crippen molar-refractivity contribution in [1.29, 1.82) is 0 Å². The first-order chi connectivity index (χ1) is 9.04. The van der Waals surface area contributed by atoms with Gasteiger partial charge in [-0.2, -0.15) is 0 Å². The van der Waals surface area contributed by atoms with Crippen LogP contribution in [0, 0.1) is 12.8 Å². The Bertz CT molecular complexity index is 499. The third-order valence-corrected chi connectivity index (χ3v) is 3.23. The average molecular weight is 259 g/mol. The summed E-state index contributed by atoms with van der Waals surface area (Å²) in [7, 11) is 0. The minimum atomic E-state index is -0.799. The topological polar surface area (TPSA) is 57.6 Å². The number of benzene rings is 1. The van der Waals surface area contributed by atoms with Crippen LogP contribution in [0.2, 0.25) is 0 Å². The molecule has 0 bridgehead atoms. The van der Waals surface area contributed by atoms with Gasteiger partial charge in [-0.05, 0) is 18.6 Å². The highest BCUT2D eigenvalue weighted by Crippen LogP contribution is 2.19. The van der Waals surface area contributed by atoms with E-state index >= 15 is 0 Å². The fourth-order valence-corrected chi connectivity index (χ4v) is 2.08. The molecule has 4 nitrogen and oxygen atoms in total. The second-order valence-electron chi connectivity index (χ2n) is 4.95. The van der Waals surface area contributed by atoms with Gasteiger partial charge in [-0.3, -0.25) is 9.59 Å². The molecule has 0 atom stereocenters. The Balaban J connectivity index is 1.82. The Morgan fingerprint density at radius 3 is 2.53 bits per heavy atom. The summed E-state index contributed by atoms with van der Waals surface area (Å²) in [4.78, 5) is 24.0. The molecule has 1 fully saturated rings. The maximum Gasteiger partial charge on any atom is 0.303 e. The van der Waals surface area contributed by atoms with Gasteiger partial charge in [0, 0.05) is 25.1 Å². The van der Waals surface area contributed by atoms with Gasteiger partial charge in [0.2, 0.25) is 5.91 Å². The van der Waals surface area contributed by atoms with Crippen LogP contribution in [0.3, 0.4) is 0 Å². The van der Waals surface area contributed by atoms with Gasteiger partial charge in [-0.25, -0.2) is 0 Å². The van der Waals surface area contributed by atoms with Crippen molar-refractivity contribution in [3.05, 3.63) is 41.5 Å². The second kappa shape index (κ2) is 5.69. The largest absolute Gasteiger partial charge is 0.481 e. The first kappa shape index (κ1) is 13.3. The van der Waals surface area contributed by atoms with E-state index in [1.54, 1.807) is 17.1 Å². The van der Waals surface area contributed by atoms with Gasteiger partial charge in [-0.1, -0.05) is 29.8 Å². The fourth-order valence-electron chi connectivity index (χ4n) is 2.08. The van der Waals surface area contributed by atoms with Crippen molar-refractivity contribution in [3.8, 4) is 0 Å². The third kappa shape index (κ3) is 3.68. The van der Waals surface area contributed by atoms with Gasteiger partial charge in [0.25, 0.3) is 0 Å². The number of carboxylic acids is 1. The molecular formula is C15H17NO3. The highest BCUT2D eigenvalue weighted by molar-refractivity contribution is 5.92. The molecule has 0 unspecified atom stereocenters. The average Bonchev–Trinajstić information content (AvgIpc) is 2.32. The highest BCUT2D eigenvalue weighted by Gasteiger charge is 2.30. The van der Waals surface area contributed by atoms with E-state index in [0.29, 0.717) is 13.1 Å². The summed E-state index contributed by atoms with van der Waals surface area (Å²) in [5.74, 6) is -0.747. The molecule has 1 heterocycles. The lowest BCUT2D eigenvalue weighted by molar-refractivity contribution is -0.143. The number of amides is 1. The molecule has 1 aromatic rings. The van der Waals surface area contributed by atoms with Crippen molar-refractivity contribution in [3.63, 3.8) is 0 Å². The zero-order valence-corrected chi connectivity index (χ0v) is 10.9. The number of likely N-dealkylation sites (tertiary alicyclic amines) is 1. The molecule has 1 amide bonds. The van der Waals surface area contributed by atoms with Crippen LogP contribution in [-0.2, 0) is 9.59 Å². The lowest BCUT2D eigenvalue weighted by atomic mass is 9.96. The van der Waals surface area contributed by atoms with E-state index in [9.17, 15) is 9.59 Å². The van der Waals surface area contributed by atoms with E-state index in [1.165, 1.54) is 5.56 Å². The molecule has 1 aliphatic heterocycles. The van der Waals surface area contributed by atoms with Crippen molar-refractivity contribution in [2.45, 2.75) is 13.3 Å². The second-order valence-corrected chi connectivity index (χ2v) is 4.95. The van der Waals surface area contributed by atoms with Crippen molar-refractivity contribution >= 4 is 18.0 Å². The summed E-state index contributed by atoms with van der Waals surface area (Å²) in [6, 6.07) is 7.91. The molecule has 0 aliphatic carbocycles. The molecule has 0 spiro atoms. The Labute approximate surface area is 112 Å². The standard InChI is InChI=1S/C15H17NO3/c1-11-2-4-12(5-3-11)6-7-14(17)16-9-13(10-16)8-15(18)19/h2-7,13H,8-10H2,1H3,(H,18,19). The zero-order valence-electron chi connectivity index (χ0n) is 10.9. The highest BCUT2D eigenvalue weighted by atomic mass is 16.4. The molecule has 1 aromatic carbocycles. The molecule has 19 heavy (non-hydrogen) atoms. The molecule has 4 heteroatoms. The van der Waals surface area contributed by atoms with Gasteiger partial charge in [-0.15, -0.1) is 0 Å². The predicted molar refractivity (Wildman–Crippen MR) is 72.5 cm³/mol. The first-order valence-corrected chi connectivity index (χ1v) is 6.30. The molecule has 1 aliphatic rings. The molecule has 0 aromatic heterocycles. The van der Waals surface area contributed by atoms with Gasteiger partial charge >= 0.3 is 5.97 Å². The summed E-state index contributed by atoms with van der Waals surface area (Å²) in [6.45, 7) is 3.11. The third-order valence-electron chi connectivity index (χ3n) is 3.23. The van der Waals surface area contributed by atoms with E-state index in [2.05, 4.69) is 0 Å². The molecular weight excluding hydrogens is 242 g/mol. The summed E-state index contributed by atoms with van der Waals surface area (Å²) in [5.41, 5.74) is 2.17. The maximum atomic E-state index is 11.8. The summed E-state index contributed by atoms with van der Waals surface area (Å²) in [5, 5.41) is 8.63. The molecule has 2 rings (SSSR count). The Kier molecular flexibility index (Phi) is 4.00. The molecule has 1 N–H and O–H groups in total. The number of hydrogen-bond acceptors (Lipinski definition) is 2. The van der Waals surface area contributed by atoms with Crippen LogP contribution in [-0.4, -0.2) is 35.0 Å². The van der Waals surface area contributed by atoms with Crippen molar-refractivity contribution in [2.75, 3.05) is 13.1 Å². The van der Waals surface area contributed by atoms with E-state index in [0.717, 1.165) is 5.56 Å². The minimum absolute atomic E-state index is 0.0535. The van der Waals surface area contributed by atoms with Gasteiger partial charge < -0.3 is 10.0 Å².